The Balaban J connectivity index is 1.37. The fourth-order valence-corrected chi connectivity index (χ4v) is 3.96. The van der Waals surface area contributed by atoms with Crippen molar-refractivity contribution in [3.63, 3.8) is 0 Å². The molecule has 8 heteroatoms. The van der Waals surface area contributed by atoms with Gasteiger partial charge in [0.2, 0.25) is 5.91 Å². The third kappa shape index (κ3) is 6.03. The molecule has 180 valence electrons. The maximum absolute atomic E-state index is 12.9. The number of rotatable bonds is 9. The Morgan fingerprint density at radius 1 is 0.857 bits per heavy atom. The summed E-state index contributed by atoms with van der Waals surface area (Å²) in [6, 6.07) is 21.7. The van der Waals surface area contributed by atoms with E-state index in [4.69, 9.17) is 0 Å². The van der Waals surface area contributed by atoms with Crippen molar-refractivity contribution in [2.75, 3.05) is 10.6 Å². The summed E-state index contributed by atoms with van der Waals surface area (Å²) in [6.45, 7) is 4.53. The molecule has 2 amide bonds. The van der Waals surface area contributed by atoms with Crippen LogP contribution in [0.3, 0.4) is 0 Å². The highest BCUT2D eigenvalue weighted by atomic mass is 16.2. The maximum Gasteiger partial charge on any atom is 0.276 e. The van der Waals surface area contributed by atoms with E-state index in [9.17, 15) is 9.59 Å². The average molecular weight is 471 g/mol. The van der Waals surface area contributed by atoms with Gasteiger partial charge in [0, 0.05) is 26.1 Å². The number of amides is 2. The van der Waals surface area contributed by atoms with E-state index in [0.29, 0.717) is 24.3 Å². The standard InChI is InChI=1S/C27H30N6O2/c1-19-26(20(2)33(30-19)17-16-22-12-8-5-9-13-22)29-27(35)23-18-24(32(3)31-23)28-25(34)15-14-21-10-6-4-7-11-21/h4-13,18H,14-17H2,1-3H3,(H,28,34)(H,29,35). The molecule has 8 nitrogen and oxygen atoms in total. The van der Waals surface area contributed by atoms with Crippen LogP contribution in [-0.4, -0.2) is 31.4 Å². The predicted octanol–water partition coefficient (Wildman–Crippen LogP) is 4.30. The lowest BCUT2D eigenvalue weighted by molar-refractivity contribution is -0.116. The first kappa shape index (κ1) is 23.9. The molecule has 0 spiro atoms. The zero-order valence-corrected chi connectivity index (χ0v) is 20.3. The molecule has 0 aliphatic heterocycles. The van der Waals surface area contributed by atoms with Gasteiger partial charge in [-0.25, -0.2) is 0 Å². The number of nitrogens with zero attached hydrogens (tertiary/aromatic N) is 4. The summed E-state index contributed by atoms with van der Waals surface area (Å²) >= 11 is 0. The third-order valence-electron chi connectivity index (χ3n) is 5.94. The number of hydrogen-bond acceptors (Lipinski definition) is 4. The minimum atomic E-state index is -0.348. The highest BCUT2D eigenvalue weighted by molar-refractivity contribution is 6.04. The SMILES string of the molecule is Cc1nn(CCc2ccccc2)c(C)c1NC(=O)c1cc(NC(=O)CCc2ccccc2)n(C)n1. The number of carbonyl (C=O) groups excluding carboxylic acids is 2. The summed E-state index contributed by atoms with van der Waals surface area (Å²) < 4.78 is 3.41. The van der Waals surface area contributed by atoms with Crippen molar-refractivity contribution in [3.05, 3.63) is 94.9 Å². The maximum atomic E-state index is 12.9. The molecular weight excluding hydrogens is 440 g/mol. The van der Waals surface area contributed by atoms with Crippen LogP contribution in [0, 0.1) is 13.8 Å². The van der Waals surface area contributed by atoms with Crippen LogP contribution in [0.15, 0.2) is 66.7 Å². The van der Waals surface area contributed by atoms with Crippen LogP contribution in [0.4, 0.5) is 11.5 Å². The Kier molecular flexibility index (Phi) is 7.40. The fourth-order valence-electron chi connectivity index (χ4n) is 3.96. The quantitative estimate of drug-likeness (QED) is 0.381. The topological polar surface area (TPSA) is 93.8 Å². The van der Waals surface area contributed by atoms with Crippen molar-refractivity contribution >= 4 is 23.3 Å². The van der Waals surface area contributed by atoms with Crippen molar-refractivity contribution in [3.8, 4) is 0 Å². The van der Waals surface area contributed by atoms with Gasteiger partial charge in [-0.05, 0) is 37.8 Å². The lowest BCUT2D eigenvalue weighted by atomic mass is 10.1. The van der Waals surface area contributed by atoms with Crippen LogP contribution in [0.25, 0.3) is 0 Å². The van der Waals surface area contributed by atoms with E-state index in [-0.39, 0.29) is 17.5 Å². The van der Waals surface area contributed by atoms with Crippen molar-refractivity contribution in [2.45, 2.75) is 39.7 Å². The number of benzene rings is 2. The summed E-state index contributed by atoms with van der Waals surface area (Å²) in [5, 5.41) is 14.7. The van der Waals surface area contributed by atoms with E-state index >= 15 is 0 Å². The number of nitrogens with one attached hydrogen (secondary N) is 2. The Hall–Kier alpha value is -4.20. The second-order valence-electron chi connectivity index (χ2n) is 8.53. The first-order chi connectivity index (χ1) is 16.9. The van der Waals surface area contributed by atoms with Crippen LogP contribution < -0.4 is 10.6 Å². The van der Waals surface area contributed by atoms with Gasteiger partial charge in [0.05, 0.1) is 17.1 Å². The van der Waals surface area contributed by atoms with Crippen LogP contribution in [-0.2, 0) is 31.2 Å². The minimum absolute atomic E-state index is 0.129. The number of aromatic nitrogens is 4. The van der Waals surface area contributed by atoms with Gasteiger partial charge in [0.15, 0.2) is 5.69 Å². The molecule has 0 fully saturated rings. The molecule has 35 heavy (non-hydrogen) atoms. The van der Waals surface area contributed by atoms with Gasteiger partial charge in [-0.3, -0.25) is 19.0 Å². The number of carbonyl (C=O) groups is 2. The Morgan fingerprint density at radius 2 is 1.49 bits per heavy atom. The monoisotopic (exact) mass is 470 g/mol. The average Bonchev–Trinajstić information content (AvgIpc) is 3.36. The van der Waals surface area contributed by atoms with Crippen LogP contribution in [0.5, 0.6) is 0 Å². The molecule has 2 aromatic carbocycles. The molecule has 2 N–H and O–H groups in total. The van der Waals surface area contributed by atoms with E-state index in [1.54, 1.807) is 13.1 Å². The minimum Gasteiger partial charge on any atom is -0.317 e. The largest absolute Gasteiger partial charge is 0.317 e. The summed E-state index contributed by atoms with van der Waals surface area (Å²) in [7, 11) is 1.70. The van der Waals surface area contributed by atoms with E-state index in [2.05, 4.69) is 33.0 Å². The molecule has 4 rings (SSSR count). The molecule has 2 aromatic heterocycles. The molecule has 4 aromatic rings. The van der Waals surface area contributed by atoms with E-state index in [1.165, 1.54) is 10.2 Å². The number of hydrogen-bond donors (Lipinski definition) is 2. The van der Waals surface area contributed by atoms with Gasteiger partial charge in [-0.15, -0.1) is 0 Å². The first-order valence-corrected chi connectivity index (χ1v) is 11.7. The van der Waals surface area contributed by atoms with Crippen molar-refractivity contribution in [2.24, 2.45) is 7.05 Å². The molecule has 0 saturated heterocycles. The Bertz CT molecular complexity index is 1310. The predicted molar refractivity (Wildman–Crippen MR) is 136 cm³/mol. The molecule has 0 saturated carbocycles. The second-order valence-corrected chi connectivity index (χ2v) is 8.53. The molecule has 0 radical (unpaired) electrons. The van der Waals surface area contributed by atoms with E-state index < -0.39 is 0 Å². The van der Waals surface area contributed by atoms with Crippen molar-refractivity contribution < 1.29 is 9.59 Å². The van der Waals surface area contributed by atoms with Gasteiger partial charge >= 0.3 is 0 Å². The normalized spacial score (nSPS) is 10.8. The molecule has 0 unspecified atom stereocenters. The van der Waals surface area contributed by atoms with Gasteiger partial charge in [0.1, 0.15) is 5.82 Å². The summed E-state index contributed by atoms with van der Waals surface area (Å²) in [5.41, 5.74) is 4.87. The molecular formula is C27H30N6O2. The zero-order valence-electron chi connectivity index (χ0n) is 20.3. The molecule has 0 aliphatic rings. The Labute approximate surface area is 205 Å². The third-order valence-corrected chi connectivity index (χ3v) is 5.94. The Morgan fingerprint density at radius 3 is 2.14 bits per heavy atom. The summed E-state index contributed by atoms with van der Waals surface area (Å²) in [4.78, 5) is 25.3. The van der Waals surface area contributed by atoms with E-state index in [1.807, 2.05) is 67.1 Å². The van der Waals surface area contributed by atoms with Crippen molar-refractivity contribution in [1.82, 2.24) is 19.6 Å². The fraction of sp³-hybridized carbons (Fsp3) is 0.259. The lowest BCUT2D eigenvalue weighted by Crippen LogP contribution is -2.15. The van der Waals surface area contributed by atoms with Crippen LogP contribution in [0.1, 0.15) is 39.4 Å². The smallest absolute Gasteiger partial charge is 0.276 e. The van der Waals surface area contributed by atoms with Gasteiger partial charge in [0.25, 0.3) is 5.91 Å². The molecule has 0 aliphatic carbocycles. The van der Waals surface area contributed by atoms with E-state index in [0.717, 1.165) is 29.9 Å². The van der Waals surface area contributed by atoms with Crippen LogP contribution >= 0.6 is 0 Å². The molecule has 0 bridgehead atoms. The second kappa shape index (κ2) is 10.8. The number of anilines is 2. The lowest BCUT2D eigenvalue weighted by Gasteiger charge is -2.06. The van der Waals surface area contributed by atoms with Gasteiger partial charge in [-0.1, -0.05) is 60.7 Å². The first-order valence-electron chi connectivity index (χ1n) is 11.7. The highest BCUT2D eigenvalue weighted by Gasteiger charge is 2.19. The molecule has 0 atom stereocenters. The van der Waals surface area contributed by atoms with Crippen LogP contribution in [0.2, 0.25) is 0 Å². The summed E-state index contributed by atoms with van der Waals surface area (Å²) in [5.74, 6) is -0.00500. The molecule has 2 heterocycles. The zero-order chi connectivity index (χ0) is 24.8. The van der Waals surface area contributed by atoms with Crippen molar-refractivity contribution in [1.29, 1.82) is 0 Å². The number of aryl methyl sites for hydroxylation is 5. The highest BCUT2D eigenvalue weighted by Crippen LogP contribution is 2.21. The summed E-state index contributed by atoms with van der Waals surface area (Å²) in [6.07, 6.45) is 1.84. The van der Waals surface area contributed by atoms with Gasteiger partial charge in [-0.2, -0.15) is 10.2 Å². The van der Waals surface area contributed by atoms with Gasteiger partial charge < -0.3 is 10.6 Å².